The van der Waals surface area contributed by atoms with Crippen LogP contribution in [0.2, 0.25) is 0 Å². The van der Waals surface area contributed by atoms with Crippen LogP contribution >= 0.6 is 0 Å². The summed E-state index contributed by atoms with van der Waals surface area (Å²) >= 11 is 0. The molecule has 0 bridgehead atoms. The molecule has 0 aromatic carbocycles. The van der Waals surface area contributed by atoms with Crippen molar-refractivity contribution < 1.29 is 0 Å². The van der Waals surface area contributed by atoms with E-state index in [0.717, 1.165) is 17.2 Å². The van der Waals surface area contributed by atoms with Crippen molar-refractivity contribution in [3.05, 3.63) is 29.9 Å². The van der Waals surface area contributed by atoms with Crippen LogP contribution in [-0.2, 0) is 10.8 Å². The summed E-state index contributed by atoms with van der Waals surface area (Å²) in [5.74, 6) is 0.720. The van der Waals surface area contributed by atoms with Crippen molar-refractivity contribution >= 4 is 6.08 Å². The molecule has 0 fully saturated rings. The highest BCUT2D eigenvalue weighted by Gasteiger charge is 2.22. The first-order valence-corrected chi connectivity index (χ1v) is 6.25. The van der Waals surface area contributed by atoms with Crippen molar-refractivity contribution in [2.75, 3.05) is 7.05 Å². The smallest absolute Gasteiger partial charge is 0.151 e. The van der Waals surface area contributed by atoms with Crippen molar-refractivity contribution in [2.24, 2.45) is 5.73 Å². The standard InChI is InChI=1S/C14H22N2.CH5N/c1-8-12-15-10(13(2,3)4)9-11(16-12)14(5,6)7;1-2/h8-9H,1H2,2-7H3;2H2,1H3. The van der Waals surface area contributed by atoms with Gasteiger partial charge in [0.1, 0.15) is 0 Å². The SMILES string of the molecule is C=Cc1nc(C(C)(C)C)cc(C(C)(C)C)n1.CN. The van der Waals surface area contributed by atoms with E-state index < -0.39 is 0 Å². The van der Waals surface area contributed by atoms with Crippen molar-refractivity contribution in [2.45, 2.75) is 52.4 Å². The van der Waals surface area contributed by atoms with Crippen LogP contribution in [-0.4, -0.2) is 17.0 Å². The average molecular weight is 249 g/mol. The Morgan fingerprint density at radius 2 is 1.28 bits per heavy atom. The molecule has 1 heterocycles. The lowest BCUT2D eigenvalue weighted by molar-refractivity contribution is 0.536. The molecule has 0 atom stereocenters. The molecule has 1 aromatic heterocycles. The predicted molar refractivity (Wildman–Crippen MR) is 79.6 cm³/mol. The molecule has 2 N–H and O–H groups in total. The van der Waals surface area contributed by atoms with E-state index in [0.29, 0.717) is 0 Å². The summed E-state index contributed by atoms with van der Waals surface area (Å²) in [5.41, 5.74) is 6.73. The van der Waals surface area contributed by atoms with Crippen molar-refractivity contribution in [3.8, 4) is 0 Å². The molecule has 1 aromatic rings. The Bertz CT molecular complexity index is 363. The molecule has 0 aliphatic rings. The summed E-state index contributed by atoms with van der Waals surface area (Å²) < 4.78 is 0. The van der Waals surface area contributed by atoms with Crippen LogP contribution in [0.3, 0.4) is 0 Å². The van der Waals surface area contributed by atoms with Gasteiger partial charge in [0.15, 0.2) is 5.82 Å². The third-order valence-electron chi connectivity index (χ3n) is 2.46. The maximum Gasteiger partial charge on any atom is 0.151 e. The highest BCUT2D eigenvalue weighted by atomic mass is 14.9. The van der Waals surface area contributed by atoms with Crippen molar-refractivity contribution in [1.29, 1.82) is 0 Å². The fraction of sp³-hybridized carbons (Fsp3) is 0.600. The molecule has 102 valence electrons. The van der Waals surface area contributed by atoms with Gasteiger partial charge in [-0.05, 0) is 19.2 Å². The molecule has 0 amide bonds. The normalized spacial score (nSPS) is 11.6. The molecule has 1 rings (SSSR count). The minimum absolute atomic E-state index is 0.0424. The van der Waals surface area contributed by atoms with E-state index in [1.54, 1.807) is 6.08 Å². The Labute approximate surface area is 112 Å². The van der Waals surface area contributed by atoms with Gasteiger partial charge in [0.05, 0.1) is 11.4 Å². The van der Waals surface area contributed by atoms with E-state index in [2.05, 4.69) is 69.9 Å². The van der Waals surface area contributed by atoms with E-state index in [-0.39, 0.29) is 10.8 Å². The van der Waals surface area contributed by atoms with Crippen molar-refractivity contribution in [3.63, 3.8) is 0 Å². The molecule has 3 nitrogen and oxygen atoms in total. The number of aromatic nitrogens is 2. The summed E-state index contributed by atoms with van der Waals surface area (Å²) in [6, 6.07) is 2.10. The minimum atomic E-state index is 0.0424. The fourth-order valence-corrected chi connectivity index (χ4v) is 1.33. The molecule has 0 saturated heterocycles. The van der Waals surface area contributed by atoms with Gasteiger partial charge >= 0.3 is 0 Å². The molecule has 0 saturated carbocycles. The van der Waals surface area contributed by atoms with E-state index in [9.17, 15) is 0 Å². The molecular formula is C15H27N3. The second kappa shape index (κ2) is 6.10. The molecular weight excluding hydrogens is 222 g/mol. The summed E-state index contributed by atoms with van der Waals surface area (Å²) in [4.78, 5) is 9.02. The summed E-state index contributed by atoms with van der Waals surface area (Å²) in [5, 5.41) is 0. The lowest BCUT2D eigenvalue weighted by atomic mass is 9.86. The Hall–Kier alpha value is -1.22. The molecule has 0 aliphatic carbocycles. The van der Waals surface area contributed by atoms with Gasteiger partial charge in [-0.1, -0.05) is 48.1 Å². The summed E-state index contributed by atoms with van der Waals surface area (Å²) in [7, 11) is 1.50. The van der Waals surface area contributed by atoms with Crippen LogP contribution in [0.25, 0.3) is 6.08 Å². The predicted octanol–water partition coefficient (Wildman–Crippen LogP) is 3.29. The zero-order chi connectivity index (χ0) is 14.6. The highest BCUT2D eigenvalue weighted by Crippen LogP contribution is 2.26. The second-order valence-corrected chi connectivity index (χ2v) is 6.20. The van der Waals surface area contributed by atoms with Crippen molar-refractivity contribution in [1.82, 2.24) is 9.97 Å². The average Bonchev–Trinajstić information content (AvgIpc) is 2.29. The van der Waals surface area contributed by atoms with E-state index in [1.165, 1.54) is 7.05 Å². The molecule has 18 heavy (non-hydrogen) atoms. The van der Waals surface area contributed by atoms with Gasteiger partial charge < -0.3 is 5.73 Å². The molecule has 0 radical (unpaired) electrons. The zero-order valence-corrected chi connectivity index (χ0v) is 12.8. The Balaban J connectivity index is 0.00000137. The lowest BCUT2D eigenvalue weighted by Crippen LogP contribution is -2.20. The number of hydrogen-bond donors (Lipinski definition) is 1. The maximum atomic E-state index is 4.51. The monoisotopic (exact) mass is 249 g/mol. The van der Waals surface area contributed by atoms with Gasteiger partial charge in [0.2, 0.25) is 0 Å². The van der Waals surface area contributed by atoms with Gasteiger partial charge in [-0.2, -0.15) is 0 Å². The molecule has 0 unspecified atom stereocenters. The van der Waals surface area contributed by atoms with Crippen LogP contribution in [0.1, 0.15) is 58.8 Å². The first-order valence-electron chi connectivity index (χ1n) is 6.25. The van der Waals surface area contributed by atoms with Gasteiger partial charge in [-0.15, -0.1) is 0 Å². The van der Waals surface area contributed by atoms with E-state index >= 15 is 0 Å². The summed E-state index contributed by atoms with van der Waals surface area (Å²) in [6.45, 7) is 16.7. The topological polar surface area (TPSA) is 51.8 Å². The first kappa shape index (κ1) is 16.8. The van der Waals surface area contributed by atoms with Crippen LogP contribution in [0.15, 0.2) is 12.6 Å². The minimum Gasteiger partial charge on any atom is -0.333 e. The van der Waals surface area contributed by atoms with Crippen LogP contribution in [0.5, 0.6) is 0 Å². The first-order chi connectivity index (χ1) is 8.14. The molecule has 3 heteroatoms. The van der Waals surface area contributed by atoms with Crippen LogP contribution in [0.4, 0.5) is 0 Å². The largest absolute Gasteiger partial charge is 0.333 e. The summed E-state index contributed by atoms with van der Waals surface area (Å²) in [6.07, 6.45) is 1.71. The second-order valence-electron chi connectivity index (χ2n) is 6.20. The molecule has 0 spiro atoms. The third kappa shape index (κ3) is 4.57. The van der Waals surface area contributed by atoms with Crippen LogP contribution < -0.4 is 5.73 Å². The van der Waals surface area contributed by atoms with Gasteiger partial charge in [0, 0.05) is 10.8 Å². The van der Waals surface area contributed by atoms with E-state index in [4.69, 9.17) is 0 Å². The third-order valence-corrected chi connectivity index (χ3v) is 2.46. The van der Waals surface area contributed by atoms with Crippen LogP contribution in [0, 0.1) is 0 Å². The lowest BCUT2D eigenvalue weighted by Gasteiger charge is -2.23. The maximum absolute atomic E-state index is 4.51. The Morgan fingerprint density at radius 3 is 1.50 bits per heavy atom. The fourth-order valence-electron chi connectivity index (χ4n) is 1.33. The van der Waals surface area contributed by atoms with Gasteiger partial charge in [-0.3, -0.25) is 0 Å². The number of nitrogens with zero attached hydrogens (tertiary/aromatic N) is 2. The van der Waals surface area contributed by atoms with Gasteiger partial charge in [-0.25, -0.2) is 9.97 Å². The Kier molecular flexibility index (Phi) is 5.68. The number of hydrogen-bond acceptors (Lipinski definition) is 3. The molecule has 0 aliphatic heterocycles. The number of nitrogens with two attached hydrogens (primary N) is 1. The van der Waals surface area contributed by atoms with Gasteiger partial charge in [0.25, 0.3) is 0 Å². The highest BCUT2D eigenvalue weighted by molar-refractivity contribution is 5.38. The number of rotatable bonds is 1. The Morgan fingerprint density at radius 1 is 0.944 bits per heavy atom. The zero-order valence-electron chi connectivity index (χ0n) is 12.8. The quantitative estimate of drug-likeness (QED) is 0.831. The van der Waals surface area contributed by atoms with E-state index in [1.807, 2.05) is 0 Å².